The average molecular weight is 314 g/mol. The number of hydrogen-bond acceptors (Lipinski definition) is 2. The highest BCUT2D eigenvalue weighted by Gasteiger charge is 2.70. The summed E-state index contributed by atoms with van der Waals surface area (Å²) in [6, 6.07) is 0. The van der Waals surface area contributed by atoms with Gasteiger partial charge in [0.05, 0.1) is 0 Å². The molecule has 0 aromatic rings. The van der Waals surface area contributed by atoms with E-state index >= 15 is 0 Å². The second kappa shape index (κ2) is 4.43. The molecule has 0 aliphatic rings. The maximum atomic E-state index is 12.0. The lowest BCUT2D eigenvalue weighted by Crippen LogP contribution is -2.54. The van der Waals surface area contributed by atoms with Crippen molar-refractivity contribution in [3.63, 3.8) is 0 Å². The maximum Gasteiger partial charge on any atom is 0.408 e. The number of halogens is 9. The van der Waals surface area contributed by atoms with Crippen LogP contribution in [0.25, 0.3) is 0 Å². The molecule has 0 radical (unpaired) electrons. The van der Waals surface area contributed by atoms with Crippen LogP contribution in [0.2, 0.25) is 0 Å². The first-order valence-corrected chi connectivity index (χ1v) is 5.16. The summed E-state index contributed by atoms with van der Waals surface area (Å²) < 4.78 is 136. The first-order valence-electron chi connectivity index (χ1n) is 3.65. The molecule has 0 aromatic heterocycles. The molecule has 0 aliphatic heterocycles. The molecule has 1 unspecified atom stereocenters. The Balaban J connectivity index is 6.01. The average Bonchev–Trinajstić information content (AvgIpc) is 1.89. The molecule has 0 spiro atoms. The van der Waals surface area contributed by atoms with Crippen molar-refractivity contribution in [3.8, 4) is 0 Å². The van der Waals surface area contributed by atoms with E-state index in [1.165, 1.54) is 0 Å². The second-order valence-electron chi connectivity index (χ2n) is 3.04. The highest BCUT2D eigenvalue weighted by atomic mass is 32.2. The fourth-order valence-electron chi connectivity index (χ4n) is 1.06. The van der Waals surface area contributed by atoms with Gasteiger partial charge in [-0.05, 0) is 0 Å². The van der Waals surface area contributed by atoms with Gasteiger partial charge in [-0.3, -0.25) is 4.55 Å². The van der Waals surface area contributed by atoms with Crippen molar-refractivity contribution in [1.82, 2.24) is 0 Å². The molecule has 110 valence electrons. The van der Waals surface area contributed by atoms with Crippen molar-refractivity contribution < 1.29 is 52.5 Å². The molecule has 0 amide bonds. The number of rotatable bonds is 2. The van der Waals surface area contributed by atoms with E-state index in [0.29, 0.717) is 0 Å². The lowest BCUT2D eigenvalue weighted by atomic mass is 10.0. The fraction of sp³-hybridized carbons (Fsp3) is 1.00. The van der Waals surface area contributed by atoms with Gasteiger partial charge >= 0.3 is 18.5 Å². The van der Waals surface area contributed by atoms with Gasteiger partial charge in [0.1, 0.15) is 0 Å². The van der Waals surface area contributed by atoms with Gasteiger partial charge in [-0.15, -0.1) is 0 Å². The van der Waals surface area contributed by atoms with E-state index in [0.717, 1.165) is 0 Å². The molecule has 0 saturated carbocycles. The highest BCUT2D eigenvalue weighted by Crippen LogP contribution is 2.47. The van der Waals surface area contributed by atoms with Crippen LogP contribution in [-0.4, -0.2) is 36.7 Å². The van der Waals surface area contributed by atoms with Crippen molar-refractivity contribution in [2.24, 2.45) is 5.92 Å². The van der Waals surface area contributed by atoms with Crippen LogP contribution in [0, 0.1) is 5.92 Å². The van der Waals surface area contributed by atoms with Crippen LogP contribution in [0.15, 0.2) is 0 Å². The lowest BCUT2D eigenvalue weighted by molar-refractivity contribution is -0.305. The monoisotopic (exact) mass is 314 g/mol. The minimum atomic E-state index is -6.65. The van der Waals surface area contributed by atoms with E-state index < -0.39 is 39.8 Å². The van der Waals surface area contributed by atoms with Gasteiger partial charge in [0, 0.05) is 0 Å². The van der Waals surface area contributed by atoms with Crippen molar-refractivity contribution in [1.29, 1.82) is 0 Å². The molecule has 1 N–H and O–H groups in total. The quantitative estimate of drug-likeness (QED) is 0.629. The lowest BCUT2D eigenvalue weighted by Gasteiger charge is -2.29. The zero-order valence-electron chi connectivity index (χ0n) is 7.73. The minimum Gasteiger partial charge on any atom is -0.285 e. The Labute approximate surface area is 93.3 Å². The largest absolute Gasteiger partial charge is 0.408 e. The molecular formula is C5H3F9O3S. The van der Waals surface area contributed by atoms with Crippen LogP contribution in [0.1, 0.15) is 0 Å². The number of alkyl halides is 9. The molecule has 0 heterocycles. The first kappa shape index (κ1) is 17.3. The summed E-state index contributed by atoms with van der Waals surface area (Å²) in [6.45, 7) is 0. The molecule has 3 nitrogen and oxygen atoms in total. The third-order valence-corrected chi connectivity index (χ3v) is 2.83. The Kier molecular flexibility index (Phi) is 4.26. The summed E-state index contributed by atoms with van der Waals surface area (Å²) in [5.41, 5.74) is 0. The van der Waals surface area contributed by atoms with Gasteiger partial charge in [0.2, 0.25) is 5.25 Å². The molecule has 18 heavy (non-hydrogen) atoms. The van der Waals surface area contributed by atoms with Gasteiger partial charge in [-0.1, -0.05) is 0 Å². The Morgan fingerprint density at radius 2 is 1.00 bits per heavy atom. The van der Waals surface area contributed by atoms with Crippen LogP contribution in [0.3, 0.4) is 0 Å². The van der Waals surface area contributed by atoms with E-state index in [2.05, 4.69) is 0 Å². The second-order valence-corrected chi connectivity index (χ2v) is 4.58. The van der Waals surface area contributed by atoms with Gasteiger partial charge < -0.3 is 0 Å². The molecule has 0 fully saturated rings. The Morgan fingerprint density at radius 1 is 0.722 bits per heavy atom. The van der Waals surface area contributed by atoms with Crippen molar-refractivity contribution in [3.05, 3.63) is 0 Å². The summed E-state index contributed by atoms with van der Waals surface area (Å²) >= 11 is 0. The molecular weight excluding hydrogens is 311 g/mol. The van der Waals surface area contributed by atoms with E-state index in [9.17, 15) is 47.9 Å². The van der Waals surface area contributed by atoms with E-state index in [1.807, 2.05) is 0 Å². The Hall–Kier alpha value is -0.720. The summed E-state index contributed by atoms with van der Waals surface area (Å²) in [7, 11) is -6.65. The summed E-state index contributed by atoms with van der Waals surface area (Å²) in [4.78, 5) is 0. The maximum absolute atomic E-state index is 12.0. The first-order chi connectivity index (χ1) is 7.49. The molecule has 0 aromatic carbocycles. The zero-order chi connectivity index (χ0) is 15.2. The molecule has 0 rings (SSSR count). The van der Waals surface area contributed by atoms with Crippen molar-refractivity contribution in [2.45, 2.75) is 23.8 Å². The topological polar surface area (TPSA) is 54.4 Å². The van der Waals surface area contributed by atoms with Crippen LogP contribution in [-0.2, 0) is 10.1 Å². The van der Waals surface area contributed by atoms with Crippen LogP contribution >= 0.6 is 0 Å². The van der Waals surface area contributed by atoms with Crippen LogP contribution < -0.4 is 0 Å². The third-order valence-electron chi connectivity index (χ3n) is 1.65. The molecule has 13 heteroatoms. The SMILES string of the molecule is O=S(=O)(O)C(C(C(F)(F)F)C(F)(F)F)C(F)(F)F. The molecule has 0 bridgehead atoms. The third kappa shape index (κ3) is 4.19. The van der Waals surface area contributed by atoms with Crippen molar-refractivity contribution in [2.75, 3.05) is 0 Å². The van der Waals surface area contributed by atoms with E-state index in [1.54, 1.807) is 0 Å². The minimum absolute atomic E-state index is 5.02. The van der Waals surface area contributed by atoms with Crippen LogP contribution in [0.4, 0.5) is 39.5 Å². The summed E-state index contributed by atoms with van der Waals surface area (Å²) in [5.74, 6) is -5.26. The van der Waals surface area contributed by atoms with Crippen LogP contribution in [0.5, 0.6) is 0 Å². The molecule has 0 aliphatic carbocycles. The molecule has 0 saturated heterocycles. The van der Waals surface area contributed by atoms with Crippen molar-refractivity contribution >= 4 is 10.1 Å². The fourth-order valence-corrected chi connectivity index (χ4v) is 2.05. The predicted molar refractivity (Wildman–Crippen MR) is 37.0 cm³/mol. The highest BCUT2D eigenvalue weighted by molar-refractivity contribution is 7.86. The van der Waals surface area contributed by atoms with E-state index in [-0.39, 0.29) is 0 Å². The summed E-state index contributed by atoms with van der Waals surface area (Å²) in [6.07, 6.45) is -19.5. The Morgan fingerprint density at radius 3 is 1.06 bits per heavy atom. The number of hydrogen-bond donors (Lipinski definition) is 1. The summed E-state index contributed by atoms with van der Waals surface area (Å²) in [5, 5.41) is -5.02. The predicted octanol–water partition coefficient (Wildman–Crippen LogP) is 2.55. The normalized spacial score (nSPS) is 17.1. The van der Waals surface area contributed by atoms with Gasteiger partial charge in [-0.2, -0.15) is 47.9 Å². The van der Waals surface area contributed by atoms with Gasteiger partial charge in [0.15, 0.2) is 5.92 Å². The zero-order valence-corrected chi connectivity index (χ0v) is 8.54. The van der Waals surface area contributed by atoms with Gasteiger partial charge in [0.25, 0.3) is 10.1 Å². The van der Waals surface area contributed by atoms with E-state index in [4.69, 9.17) is 4.55 Å². The smallest absolute Gasteiger partial charge is 0.285 e. The van der Waals surface area contributed by atoms with Gasteiger partial charge in [-0.25, -0.2) is 0 Å². The Bertz CT molecular complexity index is 374. The molecule has 1 atom stereocenters. The standard InChI is InChI=1S/C5H3F9O3S/c6-3(7,8)1(4(9,10)11)2(5(12,13)14)18(15,16)17/h1-2H,(H,15,16,17).